The van der Waals surface area contributed by atoms with Gasteiger partial charge in [-0.3, -0.25) is 4.79 Å². The fourth-order valence-corrected chi connectivity index (χ4v) is 2.33. The van der Waals surface area contributed by atoms with Crippen molar-refractivity contribution in [1.82, 2.24) is 0 Å². The molecule has 0 saturated carbocycles. The van der Waals surface area contributed by atoms with Crippen LogP contribution in [0.15, 0.2) is 36.4 Å². The normalized spacial score (nSPS) is 13.3. The first-order chi connectivity index (χ1) is 10.1. The highest BCUT2D eigenvalue weighted by atomic mass is 16.5. The van der Waals surface area contributed by atoms with Crippen molar-refractivity contribution in [2.24, 2.45) is 0 Å². The summed E-state index contributed by atoms with van der Waals surface area (Å²) in [5, 5.41) is 2.84. The zero-order valence-electron chi connectivity index (χ0n) is 11.7. The molecule has 0 unspecified atom stereocenters. The van der Waals surface area contributed by atoms with Crippen LogP contribution in [0.3, 0.4) is 0 Å². The van der Waals surface area contributed by atoms with Gasteiger partial charge in [0.05, 0.1) is 7.11 Å². The molecule has 0 spiro atoms. The van der Waals surface area contributed by atoms with Gasteiger partial charge in [0, 0.05) is 36.0 Å². The molecule has 3 rings (SSSR count). The number of amides is 1. The van der Waals surface area contributed by atoms with Crippen LogP contribution in [0, 0.1) is 0 Å². The summed E-state index contributed by atoms with van der Waals surface area (Å²) in [5.41, 5.74) is 8.31. The second kappa shape index (κ2) is 5.36. The van der Waals surface area contributed by atoms with Crippen molar-refractivity contribution in [3.8, 4) is 17.2 Å². The summed E-state index contributed by atoms with van der Waals surface area (Å²) in [6, 6.07) is 10.9. The predicted molar refractivity (Wildman–Crippen MR) is 80.9 cm³/mol. The number of carbonyl (C=O) groups is 1. The standard InChI is InChI=1S/C16H16N2O3/c1-20-13-7-11(17)8-14(9-13)21-12-3-4-15-10(6-12)2-5-16(19)18-15/h3-4,6-9H,2,5,17H2,1H3,(H,18,19). The minimum absolute atomic E-state index is 0.0525. The van der Waals surface area contributed by atoms with E-state index < -0.39 is 0 Å². The van der Waals surface area contributed by atoms with Crippen LogP contribution < -0.4 is 20.5 Å². The van der Waals surface area contributed by atoms with Gasteiger partial charge in [0.15, 0.2) is 0 Å². The second-order valence-corrected chi connectivity index (χ2v) is 4.91. The zero-order chi connectivity index (χ0) is 14.8. The molecule has 0 bridgehead atoms. The molecule has 108 valence electrons. The molecule has 0 aromatic heterocycles. The molecule has 2 aromatic carbocycles. The smallest absolute Gasteiger partial charge is 0.224 e. The predicted octanol–water partition coefficient (Wildman–Crippen LogP) is 2.95. The Balaban J connectivity index is 1.85. The number of hydrogen-bond donors (Lipinski definition) is 2. The summed E-state index contributed by atoms with van der Waals surface area (Å²) >= 11 is 0. The SMILES string of the molecule is COc1cc(N)cc(Oc2ccc3c(c2)CCC(=O)N3)c1. The van der Waals surface area contributed by atoms with Crippen molar-refractivity contribution >= 4 is 17.3 Å². The molecule has 21 heavy (non-hydrogen) atoms. The molecule has 1 aliphatic heterocycles. The molecule has 1 amide bonds. The Morgan fingerprint density at radius 2 is 1.86 bits per heavy atom. The summed E-state index contributed by atoms with van der Waals surface area (Å²) in [6.07, 6.45) is 1.22. The second-order valence-electron chi connectivity index (χ2n) is 4.91. The van der Waals surface area contributed by atoms with E-state index in [2.05, 4.69) is 5.32 Å². The van der Waals surface area contributed by atoms with Crippen molar-refractivity contribution in [3.05, 3.63) is 42.0 Å². The lowest BCUT2D eigenvalue weighted by atomic mass is 10.0. The van der Waals surface area contributed by atoms with Crippen LogP contribution in [0.1, 0.15) is 12.0 Å². The fraction of sp³-hybridized carbons (Fsp3) is 0.188. The maximum Gasteiger partial charge on any atom is 0.224 e. The van der Waals surface area contributed by atoms with E-state index in [0.29, 0.717) is 29.4 Å². The Kier molecular flexibility index (Phi) is 3.39. The molecule has 3 N–H and O–H groups in total. The lowest BCUT2D eigenvalue weighted by Gasteiger charge is -2.17. The highest BCUT2D eigenvalue weighted by Crippen LogP contribution is 2.32. The van der Waals surface area contributed by atoms with E-state index in [0.717, 1.165) is 17.7 Å². The van der Waals surface area contributed by atoms with Gasteiger partial charge in [-0.1, -0.05) is 0 Å². The molecule has 5 nitrogen and oxygen atoms in total. The number of nitrogens with one attached hydrogen (secondary N) is 1. The highest BCUT2D eigenvalue weighted by Gasteiger charge is 2.15. The van der Waals surface area contributed by atoms with Gasteiger partial charge in [0.1, 0.15) is 17.2 Å². The molecule has 0 radical (unpaired) electrons. The minimum atomic E-state index is 0.0525. The third-order valence-corrected chi connectivity index (χ3v) is 3.35. The molecular formula is C16H16N2O3. The van der Waals surface area contributed by atoms with Gasteiger partial charge >= 0.3 is 0 Å². The zero-order valence-corrected chi connectivity index (χ0v) is 11.7. The topological polar surface area (TPSA) is 73.6 Å². The van der Waals surface area contributed by atoms with Gasteiger partial charge in [-0.2, -0.15) is 0 Å². The van der Waals surface area contributed by atoms with Gasteiger partial charge in [0.25, 0.3) is 0 Å². The lowest BCUT2D eigenvalue weighted by molar-refractivity contribution is -0.116. The van der Waals surface area contributed by atoms with E-state index in [1.165, 1.54) is 0 Å². The fourth-order valence-electron chi connectivity index (χ4n) is 2.33. The highest BCUT2D eigenvalue weighted by molar-refractivity contribution is 5.94. The third kappa shape index (κ3) is 2.91. The summed E-state index contributed by atoms with van der Waals surface area (Å²) in [6.45, 7) is 0. The van der Waals surface area contributed by atoms with Crippen molar-refractivity contribution in [2.75, 3.05) is 18.2 Å². The lowest BCUT2D eigenvalue weighted by Crippen LogP contribution is -2.18. The van der Waals surface area contributed by atoms with E-state index in [1.54, 1.807) is 25.3 Å². The van der Waals surface area contributed by atoms with Gasteiger partial charge in [-0.15, -0.1) is 0 Å². The Morgan fingerprint density at radius 1 is 1.05 bits per heavy atom. The number of nitrogens with two attached hydrogens (primary N) is 1. The summed E-state index contributed by atoms with van der Waals surface area (Å²) < 4.78 is 11.0. The Morgan fingerprint density at radius 3 is 2.67 bits per heavy atom. The molecule has 0 aliphatic carbocycles. The summed E-state index contributed by atoms with van der Waals surface area (Å²) in [7, 11) is 1.58. The molecule has 2 aromatic rings. The van der Waals surface area contributed by atoms with Crippen LogP contribution in [-0.2, 0) is 11.2 Å². The molecule has 0 fully saturated rings. The van der Waals surface area contributed by atoms with E-state index in [9.17, 15) is 4.79 Å². The number of carbonyl (C=O) groups excluding carboxylic acids is 1. The van der Waals surface area contributed by atoms with Gasteiger partial charge in [-0.25, -0.2) is 0 Å². The number of ether oxygens (including phenoxy) is 2. The Labute approximate surface area is 122 Å². The van der Waals surface area contributed by atoms with E-state index in [4.69, 9.17) is 15.2 Å². The summed E-state index contributed by atoms with van der Waals surface area (Å²) in [5.74, 6) is 2.02. The van der Waals surface area contributed by atoms with E-state index >= 15 is 0 Å². The van der Waals surface area contributed by atoms with Crippen molar-refractivity contribution < 1.29 is 14.3 Å². The maximum absolute atomic E-state index is 11.3. The van der Waals surface area contributed by atoms with Crippen molar-refractivity contribution in [3.63, 3.8) is 0 Å². The van der Waals surface area contributed by atoms with E-state index in [-0.39, 0.29) is 5.91 Å². The number of rotatable bonds is 3. The third-order valence-electron chi connectivity index (χ3n) is 3.35. The van der Waals surface area contributed by atoms with Gasteiger partial charge < -0.3 is 20.5 Å². The maximum atomic E-state index is 11.3. The Hall–Kier alpha value is -2.69. The number of aryl methyl sites for hydroxylation is 1. The van der Waals surface area contributed by atoms with Crippen LogP contribution in [-0.4, -0.2) is 13.0 Å². The van der Waals surface area contributed by atoms with Gasteiger partial charge in [-0.05, 0) is 30.2 Å². The van der Waals surface area contributed by atoms with Crippen molar-refractivity contribution in [2.45, 2.75) is 12.8 Å². The van der Waals surface area contributed by atoms with E-state index in [1.807, 2.05) is 18.2 Å². The van der Waals surface area contributed by atoms with Crippen LogP contribution >= 0.6 is 0 Å². The number of hydrogen-bond acceptors (Lipinski definition) is 4. The van der Waals surface area contributed by atoms with Gasteiger partial charge in [0.2, 0.25) is 5.91 Å². The van der Waals surface area contributed by atoms with Crippen LogP contribution in [0.5, 0.6) is 17.2 Å². The monoisotopic (exact) mass is 284 g/mol. The number of nitrogen functional groups attached to an aromatic ring is 1. The number of benzene rings is 2. The number of fused-ring (bicyclic) bond motifs is 1. The first-order valence-corrected chi connectivity index (χ1v) is 6.69. The van der Waals surface area contributed by atoms with Crippen LogP contribution in [0.2, 0.25) is 0 Å². The summed E-state index contributed by atoms with van der Waals surface area (Å²) in [4.78, 5) is 11.3. The van der Waals surface area contributed by atoms with Crippen molar-refractivity contribution in [1.29, 1.82) is 0 Å². The number of methoxy groups -OCH3 is 1. The molecule has 1 aliphatic rings. The first kappa shape index (κ1) is 13.3. The molecular weight excluding hydrogens is 268 g/mol. The average Bonchev–Trinajstić information content (AvgIpc) is 2.47. The molecule has 0 atom stereocenters. The largest absolute Gasteiger partial charge is 0.497 e. The van der Waals surface area contributed by atoms with Crippen LogP contribution in [0.4, 0.5) is 11.4 Å². The molecule has 5 heteroatoms. The minimum Gasteiger partial charge on any atom is -0.497 e. The number of anilines is 2. The molecule has 0 saturated heterocycles. The Bertz CT molecular complexity index is 698. The average molecular weight is 284 g/mol. The van der Waals surface area contributed by atoms with Crippen LogP contribution in [0.25, 0.3) is 0 Å². The first-order valence-electron chi connectivity index (χ1n) is 6.69. The molecule has 1 heterocycles. The quantitative estimate of drug-likeness (QED) is 0.850.